The maximum atomic E-state index is 6.60. The van der Waals surface area contributed by atoms with Crippen LogP contribution in [-0.2, 0) is 0 Å². The summed E-state index contributed by atoms with van der Waals surface area (Å²) < 4.78 is 8.98. The summed E-state index contributed by atoms with van der Waals surface area (Å²) in [6.45, 7) is 15.7. The monoisotopic (exact) mass is 578 g/mol. The Morgan fingerprint density at radius 3 is 2.11 bits per heavy atom. The molecule has 0 aliphatic heterocycles. The second kappa shape index (κ2) is 10.7. The second-order valence-electron chi connectivity index (χ2n) is 12.8. The van der Waals surface area contributed by atoms with Crippen LogP contribution in [0.1, 0.15) is 81.5 Å². The average molecular weight is 579 g/mol. The fraction of sp³-hybridized carbons (Fsp3) is 0.256. The highest BCUT2D eigenvalue weighted by atomic mass is 16.3. The van der Waals surface area contributed by atoms with E-state index in [1.54, 1.807) is 6.20 Å². The van der Waals surface area contributed by atoms with E-state index in [9.17, 15) is 0 Å². The molecule has 0 saturated carbocycles. The van der Waals surface area contributed by atoms with Crippen LogP contribution in [0.4, 0.5) is 0 Å². The first-order valence-electron chi connectivity index (χ1n) is 15.6. The van der Waals surface area contributed by atoms with E-state index >= 15 is 0 Å². The molecule has 5 heteroatoms. The Morgan fingerprint density at radius 1 is 0.727 bits per heavy atom. The van der Waals surface area contributed by atoms with Crippen LogP contribution in [0.15, 0.2) is 89.7 Å². The molecular weight excluding hydrogens is 540 g/mol. The Morgan fingerprint density at radius 2 is 1.43 bits per heavy atom. The van der Waals surface area contributed by atoms with E-state index in [-0.39, 0.29) is 11.8 Å². The highest BCUT2D eigenvalue weighted by Gasteiger charge is 2.27. The number of hydrogen-bond donors (Lipinski definition) is 0. The number of rotatable bonds is 6. The summed E-state index contributed by atoms with van der Waals surface area (Å²) in [5.74, 6) is 1.73. The van der Waals surface area contributed by atoms with Gasteiger partial charge in [-0.15, -0.1) is 0 Å². The summed E-state index contributed by atoms with van der Waals surface area (Å²) in [6.07, 6.45) is 5.61. The van der Waals surface area contributed by atoms with Crippen LogP contribution in [0.25, 0.3) is 61.3 Å². The molecule has 0 aliphatic carbocycles. The predicted molar refractivity (Wildman–Crippen MR) is 182 cm³/mol. The first kappa shape index (κ1) is 28.0. The first-order valence-corrected chi connectivity index (χ1v) is 15.6. The lowest BCUT2D eigenvalue weighted by molar-refractivity contribution is 0.654. The number of furan rings is 1. The highest BCUT2D eigenvalue weighted by molar-refractivity contribution is 6.10. The molecule has 44 heavy (non-hydrogen) atoms. The molecular formula is C39H38N4O. The van der Waals surface area contributed by atoms with Crippen molar-refractivity contribution in [2.75, 3.05) is 0 Å². The average Bonchev–Trinajstić information content (AvgIpc) is 3.60. The number of aromatic nitrogens is 4. The molecule has 0 fully saturated rings. The molecule has 220 valence electrons. The lowest BCUT2D eigenvalue weighted by Crippen LogP contribution is -2.10. The summed E-state index contributed by atoms with van der Waals surface area (Å²) in [6, 6.07) is 23.9. The van der Waals surface area contributed by atoms with Gasteiger partial charge in [-0.05, 0) is 88.4 Å². The van der Waals surface area contributed by atoms with Crippen LogP contribution < -0.4 is 0 Å². The van der Waals surface area contributed by atoms with E-state index in [1.165, 1.54) is 33.5 Å². The minimum Gasteiger partial charge on any atom is -0.437 e. The molecule has 0 bridgehead atoms. The standard InChI is InChI=1S/C39H38N4O/c1-22(2)28-15-16-30(37-34(28)29-14-11-17-41-39(29)44-37)38-42-33-21-40-20-25(7)35(33)43(38)36-31(23(3)4)18-27(19-32(36)24(5)6)26-12-9-8-10-13-26/h8-24H,1-7H3. The van der Waals surface area contributed by atoms with E-state index in [1.807, 2.05) is 18.5 Å². The summed E-state index contributed by atoms with van der Waals surface area (Å²) in [5.41, 5.74) is 12.9. The number of imidazole rings is 1. The van der Waals surface area contributed by atoms with Crippen LogP contribution in [-0.4, -0.2) is 19.5 Å². The van der Waals surface area contributed by atoms with Gasteiger partial charge in [0.2, 0.25) is 5.71 Å². The van der Waals surface area contributed by atoms with Gasteiger partial charge in [0.05, 0.1) is 23.0 Å². The molecule has 0 unspecified atom stereocenters. The van der Waals surface area contributed by atoms with E-state index in [0.717, 1.165) is 44.3 Å². The van der Waals surface area contributed by atoms with Gasteiger partial charge >= 0.3 is 0 Å². The Bertz CT molecular complexity index is 2140. The van der Waals surface area contributed by atoms with Crippen molar-refractivity contribution < 1.29 is 4.42 Å². The van der Waals surface area contributed by atoms with E-state index in [4.69, 9.17) is 9.40 Å². The van der Waals surface area contributed by atoms with Crippen LogP contribution in [0.2, 0.25) is 0 Å². The number of nitrogens with zero attached hydrogens (tertiary/aromatic N) is 4. The van der Waals surface area contributed by atoms with Crippen LogP contribution >= 0.6 is 0 Å². The molecule has 0 aliphatic rings. The third-order valence-corrected chi connectivity index (χ3v) is 8.78. The van der Waals surface area contributed by atoms with Crippen molar-refractivity contribution in [1.29, 1.82) is 0 Å². The molecule has 0 N–H and O–H groups in total. The molecule has 7 rings (SSSR count). The lowest BCUT2D eigenvalue weighted by atomic mass is 9.88. The lowest BCUT2D eigenvalue weighted by Gasteiger charge is -2.25. The van der Waals surface area contributed by atoms with Gasteiger partial charge in [-0.25, -0.2) is 9.97 Å². The van der Waals surface area contributed by atoms with Crippen LogP contribution in [0.5, 0.6) is 0 Å². The maximum Gasteiger partial charge on any atom is 0.227 e. The Balaban J connectivity index is 1.63. The molecule has 0 radical (unpaired) electrons. The molecule has 5 nitrogen and oxygen atoms in total. The summed E-state index contributed by atoms with van der Waals surface area (Å²) in [5, 5.41) is 2.15. The van der Waals surface area contributed by atoms with Crippen molar-refractivity contribution in [2.45, 2.75) is 66.2 Å². The SMILES string of the molecule is Cc1cncc2nc(-c3ccc(C(C)C)c4c3oc3ncccc34)n(-c3c(C(C)C)cc(-c4ccccc4)cc3C(C)C)c12. The normalized spacial score (nSPS) is 12.1. The minimum atomic E-state index is 0.275. The number of benzene rings is 3. The zero-order chi connectivity index (χ0) is 30.7. The van der Waals surface area contributed by atoms with Crippen LogP contribution in [0.3, 0.4) is 0 Å². The smallest absolute Gasteiger partial charge is 0.227 e. The fourth-order valence-electron chi connectivity index (χ4n) is 6.60. The van der Waals surface area contributed by atoms with Crippen molar-refractivity contribution in [1.82, 2.24) is 19.5 Å². The van der Waals surface area contributed by atoms with Gasteiger partial charge in [-0.1, -0.05) is 77.9 Å². The third-order valence-electron chi connectivity index (χ3n) is 8.78. The fourth-order valence-corrected chi connectivity index (χ4v) is 6.60. The van der Waals surface area contributed by atoms with Gasteiger partial charge in [0.15, 0.2) is 0 Å². The Hall–Kier alpha value is -4.77. The van der Waals surface area contributed by atoms with Gasteiger partial charge in [0.1, 0.15) is 16.9 Å². The van der Waals surface area contributed by atoms with Crippen molar-refractivity contribution in [3.05, 3.63) is 108 Å². The summed E-state index contributed by atoms with van der Waals surface area (Å²) in [7, 11) is 0. The summed E-state index contributed by atoms with van der Waals surface area (Å²) in [4.78, 5) is 14.5. The molecule has 0 atom stereocenters. The van der Waals surface area contributed by atoms with Crippen molar-refractivity contribution >= 4 is 33.1 Å². The molecule has 4 aromatic heterocycles. The molecule has 3 aromatic carbocycles. The largest absolute Gasteiger partial charge is 0.437 e. The van der Waals surface area contributed by atoms with Crippen molar-refractivity contribution in [3.63, 3.8) is 0 Å². The van der Waals surface area contributed by atoms with Gasteiger partial charge in [0, 0.05) is 23.2 Å². The molecule has 0 spiro atoms. The zero-order valence-corrected chi connectivity index (χ0v) is 26.5. The maximum absolute atomic E-state index is 6.60. The van der Waals surface area contributed by atoms with Gasteiger partial charge in [0.25, 0.3) is 0 Å². The third kappa shape index (κ3) is 4.41. The Labute approximate surface area is 258 Å². The van der Waals surface area contributed by atoms with Gasteiger partial charge in [-0.3, -0.25) is 9.55 Å². The van der Waals surface area contributed by atoms with E-state index in [2.05, 4.69) is 124 Å². The van der Waals surface area contributed by atoms with Gasteiger partial charge in [-0.2, -0.15) is 0 Å². The number of aryl methyl sites for hydroxylation is 1. The number of hydrogen-bond acceptors (Lipinski definition) is 4. The van der Waals surface area contributed by atoms with Crippen molar-refractivity contribution in [3.8, 4) is 28.2 Å². The van der Waals surface area contributed by atoms with E-state index < -0.39 is 0 Å². The Kier molecular flexibility index (Phi) is 6.84. The highest BCUT2D eigenvalue weighted by Crippen LogP contribution is 2.44. The van der Waals surface area contributed by atoms with Crippen LogP contribution in [0, 0.1) is 6.92 Å². The second-order valence-corrected chi connectivity index (χ2v) is 12.8. The zero-order valence-electron chi connectivity index (χ0n) is 26.5. The first-order chi connectivity index (χ1) is 21.2. The predicted octanol–water partition coefficient (Wildman–Crippen LogP) is 10.7. The van der Waals surface area contributed by atoms with Crippen molar-refractivity contribution in [2.24, 2.45) is 0 Å². The number of fused-ring (bicyclic) bond motifs is 4. The number of pyridine rings is 2. The summed E-state index contributed by atoms with van der Waals surface area (Å²) >= 11 is 0. The topological polar surface area (TPSA) is 56.7 Å². The van der Waals surface area contributed by atoms with Gasteiger partial charge < -0.3 is 4.42 Å². The minimum absolute atomic E-state index is 0.275. The molecule has 7 aromatic rings. The molecule has 0 saturated heterocycles. The molecule has 4 heterocycles. The van der Waals surface area contributed by atoms with E-state index in [0.29, 0.717) is 11.6 Å². The quantitative estimate of drug-likeness (QED) is 0.197. The molecule has 0 amide bonds.